The number of fused-ring (bicyclic) bond motifs is 1. The number of carbonyl (C=O) groups is 1. The van der Waals surface area contributed by atoms with Gasteiger partial charge in [-0.2, -0.15) is 0 Å². The van der Waals surface area contributed by atoms with Crippen LogP contribution in [0.4, 0.5) is 0 Å². The Hall–Kier alpha value is -1.59. The molecule has 0 radical (unpaired) electrons. The van der Waals surface area contributed by atoms with Crippen LogP contribution in [0.1, 0.15) is 43.2 Å². The number of aryl methyl sites for hydroxylation is 1. The van der Waals surface area contributed by atoms with E-state index in [1.807, 2.05) is 11.0 Å². The number of nitrogens with two attached hydrogens (primary N) is 1. The van der Waals surface area contributed by atoms with Crippen molar-refractivity contribution in [1.82, 2.24) is 4.90 Å². The van der Waals surface area contributed by atoms with Crippen LogP contribution in [0.5, 0.6) is 5.75 Å². The zero-order valence-electron chi connectivity index (χ0n) is 14.7. The van der Waals surface area contributed by atoms with Gasteiger partial charge >= 0.3 is 0 Å². The number of hydrogen-bond acceptors (Lipinski definition) is 4. The summed E-state index contributed by atoms with van der Waals surface area (Å²) in [4.78, 5) is 14.9. The molecule has 1 unspecified atom stereocenters. The number of carbonyl (C=O) groups excluding carboxylic acids is 1. The molecule has 132 valence electrons. The van der Waals surface area contributed by atoms with Crippen molar-refractivity contribution in [3.05, 3.63) is 29.3 Å². The van der Waals surface area contributed by atoms with E-state index in [2.05, 4.69) is 12.1 Å². The van der Waals surface area contributed by atoms with E-state index in [1.165, 1.54) is 11.1 Å². The monoisotopic (exact) mass is 332 g/mol. The molecule has 0 saturated heterocycles. The van der Waals surface area contributed by atoms with Crippen LogP contribution in [0, 0.1) is 0 Å². The normalized spacial score (nSPS) is 21.0. The fourth-order valence-corrected chi connectivity index (χ4v) is 4.09. The first kappa shape index (κ1) is 17.2. The van der Waals surface area contributed by atoms with Crippen molar-refractivity contribution in [3.63, 3.8) is 0 Å². The van der Waals surface area contributed by atoms with Crippen LogP contribution in [-0.2, 0) is 22.5 Å². The quantitative estimate of drug-likeness (QED) is 0.918. The summed E-state index contributed by atoms with van der Waals surface area (Å²) in [7, 11) is 3.36. The molecule has 1 fully saturated rings. The lowest BCUT2D eigenvalue weighted by molar-refractivity contribution is -0.141. The standard InChI is InChI=1S/C19H28N2O3/c1-23-16-8-7-15-13-21(11-5-6-14(15)12-16)18(22)17(20)19(24-2)9-3-4-10-19/h7-8,12,17H,3-6,9-11,13,20H2,1-2H3. The fourth-order valence-electron chi connectivity index (χ4n) is 4.09. The fraction of sp³-hybridized carbons (Fsp3) is 0.632. The van der Waals surface area contributed by atoms with Gasteiger partial charge in [0.15, 0.2) is 0 Å². The predicted octanol–water partition coefficient (Wildman–Crippen LogP) is 2.26. The second-order valence-corrected chi connectivity index (χ2v) is 6.95. The SMILES string of the molecule is COc1ccc2c(c1)CCCN(C(=O)C(N)C1(OC)CCCC1)C2. The molecular weight excluding hydrogens is 304 g/mol. The molecule has 24 heavy (non-hydrogen) atoms. The van der Waals surface area contributed by atoms with Crippen LogP contribution in [0.2, 0.25) is 0 Å². The molecule has 1 saturated carbocycles. The van der Waals surface area contributed by atoms with Gasteiger partial charge in [-0.25, -0.2) is 0 Å². The van der Waals surface area contributed by atoms with Crippen molar-refractivity contribution < 1.29 is 14.3 Å². The highest BCUT2D eigenvalue weighted by atomic mass is 16.5. The van der Waals surface area contributed by atoms with Gasteiger partial charge in [-0.1, -0.05) is 18.9 Å². The molecule has 0 aromatic heterocycles. The third kappa shape index (κ3) is 3.15. The minimum absolute atomic E-state index is 0.0161. The van der Waals surface area contributed by atoms with Crippen LogP contribution < -0.4 is 10.5 Å². The molecule has 5 heteroatoms. The number of nitrogens with zero attached hydrogens (tertiary/aromatic N) is 1. The maximum atomic E-state index is 13.0. The highest BCUT2D eigenvalue weighted by molar-refractivity contribution is 5.83. The Bertz CT molecular complexity index is 596. The first-order valence-corrected chi connectivity index (χ1v) is 8.85. The summed E-state index contributed by atoms with van der Waals surface area (Å²) in [6, 6.07) is 5.52. The van der Waals surface area contributed by atoms with E-state index < -0.39 is 11.6 Å². The van der Waals surface area contributed by atoms with Gasteiger partial charge in [0.1, 0.15) is 11.8 Å². The van der Waals surface area contributed by atoms with Gasteiger partial charge in [0, 0.05) is 20.2 Å². The summed E-state index contributed by atoms with van der Waals surface area (Å²) in [5, 5.41) is 0. The molecule has 2 N–H and O–H groups in total. The van der Waals surface area contributed by atoms with Gasteiger partial charge in [-0.05, 0) is 48.9 Å². The number of hydrogen-bond donors (Lipinski definition) is 1. The number of rotatable bonds is 4. The van der Waals surface area contributed by atoms with Crippen LogP contribution >= 0.6 is 0 Å². The maximum Gasteiger partial charge on any atom is 0.242 e. The van der Waals surface area contributed by atoms with Gasteiger partial charge in [-0.3, -0.25) is 4.79 Å². The lowest BCUT2D eigenvalue weighted by atomic mass is 9.91. The summed E-state index contributed by atoms with van der Waals surface area (Å²) < 4.78 is 11.0. The summed E-state index contributed by atoms with van der Waals surface area (Å²) >= 11 is 0. The topological polar surface area (TPSA) is 64.8 Å². The largest absolute Gasteiger partial charge is 0.497 e. The van der Waals surface area contributed by atoms with E-state index >= 15 is 0 Å². The molecule has 1 aliphatic heterocycles. The minimum Gasteiger partial charge on any atom is -0.497 e. The Labute approximate surface area is 144 Å². The lowest BCUT2D eigenvalue weighted by Crippen LogP contribution is -2.57. The zero-order valence-corrected chi connectivity index (χ0v) is 14.7. The van der Waals surface area contributed by atoms with Crippen molar-refractivity contribution in [3.8, 4) is 5.75 Å². The molecule has 1 aromatic carbocycles. The van der Waals surface area contributed by atoms with Gasteiger partial charge in [0.25, 0.3) is 0 Å². The Kier molecular flexibility index (Phi) is 5.11. The maximum absolute atomic E-state index is 13.0. The summed E-state index contributed by atoms with van der Waals surface area (Å²) in [5.41, 5.74) is 8.35. The van der Waals surface area contributed by atoms with E-state index in [1.54, 1.807) is 14.2 Å². The van der Waals surface area contributed by atoms with E-state index in [0.717, 1.165) is 50.8 Å². The van der Waals surface area contributed by atoms with Gasteiger partial charge < -0.3 is 20.1 Å². The molecule has 1 atom stereocenters. The predicted molar refractivity (Wildman–Crippen MR) is 92.9 cm³/mol. The molecule has 1 aliphatic carbocycles. The highest BCUT2D eigenvalue weighted by Crippen LogP contribution is 2.36. The van der Waals surface area contributed by atoms with Crippen molar-refractivity contribution in [2.24, 2.45) is 5.73 Å². The van der Waals surface area contributed by atoms with Crippen molar-refractivity contribution in [1.29, 1.82) is 0 Å². The third-order valence-corrected chi connectivity index (χ3v) is 5.65. The summed E-state index contributed by atoms with van der Waals surface area (Å²) in [6.45, 7) is 1.36. The molecule has 1 heterocycles. The molecule has 0 spiro atoms. The number of amides is 1. The summed E-state index contributed by atoms with van der Waals surface area (Å²) in [6.07, 6.45) is 5.81. The average molecular weight is 332 g/mol. The molecule has 3 rings (SSSR count). The Morgan fingerprint density at radius 1 is 1.21 bits per heavy atom. The first-order valence-electron chi connectivity index (χ1n) is 8.85. The molecule has 0 bridgehead atoms. The Morgan fingerprint density at radius 3 is 2.62 bits per heavy atom. The van der Waals surface area contributed by atoms with Crippen molar-refractivity contribution in [2.75, 3.05) is 20.8 Å². The molecule has 1 amide bonds. The average Bonchev–Trinajstić information content (AvgIpc) is 3.01. The first-order chi connectivity index (χ1) is 11.6. The number of methoxy groups -OCH3 is 2. The van der Waals surface area contributed by atoms with Crippen LogP contribution in [0.3, 0.4) is 0 Å². The lowest BCUT2D eigenvalue weighted by Gasteiger charge is -2.36. The van der Waals surface area contributed by atoms with E-state index in [-0.39, 0.29) is 5.91 Å². The van der Waals surface area contributed by atoms with Crippen LogP contribution in [0.25, 0.3) is 0 Å². The minimum atomic E-state index is -0.579. The van der Waals surface area contributed by atoms with Gasteiger partial charge in [-0.15, -0.1) is 0 Å². The molecule has 5 nitrogen and oxygen atoms in total. The third-order valence-electron chi connectivity index (χ3n) is 5.65. The number of ether oxygens (including phenoxy) is 2. The van der Waals surface area contributed by atoms with E-state index in [4.69, 9.17) is 15.2 Å². The summed E-state index contributed by atoms with van der Waals surface area (Å²) in [5.74, 6) is 0.886. The Morgan fingerprint density at radius 2 is 1.96 bits per heavy atom. The van der Waals surface area contributed by atoms with Gasteiger partial charge in [0.2, 0.25) is 5.91 Å². The van der Waals surface area contributed by atoms with Gasteiger partial charge in [0.05, 0.1) is 12.7 Å². The number of benzene rings is 1. The second-order valence-electron chi connectivity index (χ2n) is 6.95. The van der Waals surface area contributed by atoms with Crippen LogP contribution in [-0.4, -0.2) is 43.2 Å². The van der Waals surface area contributed by atoms with Crippen LogP contribution in [0.15, 0.2) is 18.2 Å². The van der Waals surface area contributed by atoms with Crippen molar-refractivity contribution >= 4 is 5.91 Å². The van der Waals surface area contributed by atoms with E-state index in [9.17, 15) is 4.79 Å². The zero-order chi connectivity index (χ0) is 17.2. The Balaban J connectivity index is 1.77. The molecule has 1 aromatic rings. The highest BCUT2D eigenvalue weighted by Gasteiger charge is 2.44. The second kappa shape index (κ2) is 7.11. The van der Waals surface area contributed by atoms with Crippen molar-refractivity contribution in [2.45, 2.75) is 56.7 Å². The molecule has 2 aliphatic rings. The molecular formula is C19H28N2O3. The smallest absolute Gasteiger partial charge is 0.242 e. The van der Waals surface area contributed by atoms with E-state index in [0.29, 0.717) is 6.54 Å².